The third-order valence-corrected chi connectivity index (χ3v) is 4.11. The van der Waals surface area contributed by atoms with E-state index in [-0.39, 0.29) is 6.04 Å². The normalized spacial score (nSPS) is 14.4. The molecule has 0 aliphatic heterocycles. The van der Waals surface area contributed by atoms with Crippen molar-refractivity contribution in [3.8, 4) is 0 Å². The highest BCUT2D eigenvalue weighted by Gasteiger charge is 2.19. The van der Waals surface area contributed by atoms with Crippen LogP contribution in [0.25, 0.3) is 0 Å². The largest absolute Gasteiger partial charge is 0.310 e. The van der Waals surface area contributed by atoms with Crippen LogP contribution in [-0.4, -0.2) is 31.1 Å². The average molecular weight is 298 g/mol. The molecule has 0 bridgehead atoms. The minimum absolute atomic E-state index is 0.146. The van der Waals surface area contributed by atoms with Gasteiger partial charge >= 0.3 is 0 Å². The van der Waals surface area contributed by atoms with Crippen LogP contribution in [0.2, 0.25) is 0 Å². The van der Waals surface area contributed by atoms with Crippen molar-refractivity contribution < 1.29 is 8.78 Å². The molecule has 1 rings (SSSR count). The first-order chi connectivity index (χ1) is 10.0. The third-order valence-electron chi connectivity index (χ3n) is 4.11. The summed E-state index contributed by atoms with van der Waals surface area (Å²) in [5.74, 6) is -1.50. The van der Waals surface area contributed by atoms with Crippen LogP contribution in [-0.2, 0) is 0 Å². The van der Waals surface area contributed by atoms with Crippen molar-refractivity contribution in [3.05, 3.63) is 35.4 Å². The minimum atomic E-state index is -0.772. The van der Waals surface area contributed by atoms with Crippen molar-refractivity contribution in [2.75, 3.05) is 20.1 Å². The molecule has 0 spiro atoms. The van der Waals surface area contributed by atoms with Gasteiger partial charge in [0.1, 0.15) is 0 Å². The Morgan fingerprint density at radius 2 is 1.95 bits per heavy atom. The number of rotatable bonds is 9. The smallest absolute Gasteiger partial charge is 0.163 e. The molecule has 2 nitrogen and oxygen atoms in total. The van der Waals surface area contributed by atoms with E-state index in [1.165, 1.54) is 6.07 Å². The quantitative estimate of drug-likeness (QED) is 0.737. The van der Waals surface area contributed by atoms with E-state index < -0.39 is 11.6 Å². The molecule has 0 aliphatic rings. The van der Waals surface area contributed by atoms with Gasteiger partial charge in [-0.25, -0.2) is 8.78 Å². The molecule has 2 atom stereocenters. The summed E-state index contributed by atoms with van der Waals surface area (Å²) in [5, 5.41) is 3.33. The number of nitrogens with one attached hydrogen (secondary N) is 1. The zero-order chi connectivity index (χ0) is 15.8. The van der Waals surface area contributed by atoms with E-state index in [0.29, 0.717) is 11.6 Å². The highest BCUT2D eigenvalue weighted by atomic mass is 19.2. The van der Waals surface area contributed by atoms with Gasteiger partial charge < -0.3 is 10.2 Å². The zero-order valence-electron chi connectivity index (χ0n) is 13.6. The Balaban J connectivity index is 2.78. The summed E-state index contributed by atoms with van der Waals surface area (Å²) in [4.78, 5) is 2.26. The fourth-order valence-corrected chi connectivity index (χ4v) is 2.34. The lowest BCUT2D eigenvalue weighted by Crippen LogP contribution is -2.33. The highest BCUT2D eigenvalue weighted by Crippen LogP contribution is 2.22. The SMILES string of the molecule is CCCNC(CCN(C)C(C)CC)c1cccc(F)c1F. The fraction of sp³-hybridized carbons (Fsp3) is 0.647. The molecule has 1 aromatic rings. The van der Waals surface area contributed by atoms with Crippen LogP contribution in [0, 0.1) is 11.6 Å². The Bertz CT molecular complexity index is 423. The van der Waals surface area contributed by atoms with Crippen LogP contribution in [0.3, 0.4) is 0 Å². The third kappa shape index (κ3) is 5.36. The standard InChI is InChI=1S/C17H28F2N2/c1-5-11-20-16(10-12-21(4)13(3)6-2)14-8-7-9-15(18)17(14)19/h7-9,13,16,20H,5-6,10-12H2,1-4H3. The van der Waals surface area contributed by atoms with E-state index >= 15 is 0 Å². The molecule has 0 aromatic heterocycles. The van der Waals surface area contributed by atoms with Crippen molar-refractivity contribution >= 4 is 0 Å². The summed E-state index contributed by atoms with van der Waals surface area (Å²) in [6, 6.07) is 4.77. The molecule has 21 heavy (non-hydrogen) atoms. The molecule has 0 fully saturated rings. The van der Waals surface area contributed by atoms with Gasteiger partial charge in [-0.2, -0.15) is 0 Å². The number of benzene rings is 1. The summed E-state index contributed by atoms with van der Waals surface area (Å²) in [6.07, 6.45) is 2.81. The predicted octanol–water partition coefficient (Wildman–Crippen LogP) is 4.13. The molecule has 0 saturated carbocycles. The van der Waals surface area contributed by atoms with Gasteiger partial charge in [-0.15, -0.1) is 0 Å². The monoisotopic (exact) mass is 298 g/mol. The van der Waals surface area contributed by atoms with E-state index in [4.69, 9.17) is 0 Å². The van der Waals surface area contributed by atoms with Crippen molar-refractivity contribution in [2.45, 2.75) is 52.1 Å². The maximum absolute atomic E-state index is 14.0. The molecule has 0 aliphatic carbocycles. The minimum Gasteiger partial charge on any atom is -0.310 e. The van der Waals surface area contributed by atoms with Crippen LogP contribution in [0.15, 0.2) is 18.2 Å². The van der Waals surface area contributed by atoms with Gasteiger partial charge in [-0.3, -0.25) is 0 Å². The van der Waals surface area contributed by atoms with Gasteiger partial charge in [-0.05, 0) is 52.4 Å². The summed E-state index contributed by atoms with van der Waals surface area (Å²) in [5.41, 5.74) is 0.431. The molecule has 0 amide bonds. The fourth-order valence-electron chi connectivity index (χ4n) is 2.34. The van der Waals surface area contributed by atoms with E-state index in [1.807, 2.05) is 0 Å². The maximum atomic E-state index is 14.0. The molecule has 1 aromatic carbocycles. The van der Waals surface area contributed by atoms with Crippen molar-refractivity contribution in [3.63, 3.8) is 0 Å². The Morgan fingerprint density at radius 1 is 1.24 bits per heavy atom. The lowest BCUT2D eigenvalue weighted by atomic mass is 10.0. The first kappa shape index (κ1) is 18.1. The molecule has 4 heteroatoms. The van der Waals surface area contributed by atoms with Crippen molar-refractivity contribution in [2.24, 2.45) is 0 Å². The van der Waals surface area contributed by atoms with Gasteiger partial charge in [-0.1, -0.05) is 26.0 Å². The first-order valence-corrected chi connectivity index (χ1v) is 7.88. The van der Waals surface area contributed by atoms with Crippen molar-refractivity contribution in [1.29, 1.82) is 0 Å². The lowest BCUT2D eigenvalue weighted by molar-refractivity contribution is 0.236. The molecule has 0 saturated heterocycles. The number of hydrogen-bond acceptors (Lipinski definition) is 2. The second-order valence-corrected chi connectivity index (χ2v) is 5.68. The van der Waals surface area contributed by atoms with Crippen LogP contribution in [0.5, 0.6) is 0 Å². The predicted molar refractivity (Wildman–Crippen MR) is 84.4 cm³/mol. The maximum Gasteiger partial charge on any atom is 0.163 e. The number of hydrogen-bond donors (Lipinski definition) is 1. The summed E-state index contributed by atoms with van der Waals surface area (Å²) in [7, 11) is 2.08. The van der Waals surface area contributed by atoms with Gasteiger partial charge in [0.15, 0.2) is 11.6 Å². The molecule has 0 radical (unpaired) electrons. The second-order valence-electron chi connectivity index (χ2n) is 5.68. The van der Waals surface area contributed by atoms with Gasteiger partial charge in [0.2, 0.25) is 0 Å². The topological polar surface area (TPSA) is 15.3 Å². The molecule has 2 unspecified atom stereocenters. The van der Waals surface area contributed by atoms with E-state index in [2.05, 4.69) is 38.0 Å². The Hall–Kier alpha value is -1.00. The molecular weight excluding hydrogens is 270 g/mol. The number of nitrogens with zero attached hydrogens (tertiary/aromatic N) is 1. The second kappa shape index (κ2) is 9.11. The molecule has 120 valence electrons. The zero-order valence-corrected chi connectivity index (χ0v) is 13.6. The van der Waals surface area contributed by atoms with E-state index in [9.17, 15) is 8.78 Å². The van der Waals surface area contributed by atoms with E-state index in [1.54, 1.807) is 12.1 Å². The van der Waals surface area contributed by atoms with Crippen LogP contribution in [0.4, 0.5) is 8.78 Å². The number of halogens is 2. The lowest BCUT2D eigenvalue weighted by Gasteiger charge is -2.27. The highest BCUT2D eigenvalue weighted by molar-refractivity contribution is 5.22. The summed E-state index contributed by atoms with van der Waals surface area (Å²) < 4.78 is 27.4. The van der Waals surface area contributed by atoms with Gasteiger partial charge in [0.05, 0.1) is 0 Å². The van der Waals surface area contributed by atoms with Crippen LogP contribution < -0.4 is 5.32 Å². The Labute approximate surface area is 127 Å². The van der Waals surface area contributed by atoms with Crippen LogP contribution in [0.1, 0.15) is 51.6 Å². The van der Waals surface area contributed by atoms with Crippen molar-refractivity contribution in [1.82, 2.24) is 10.2 Å². The van der Waals surface area contributed by atoms with Gasteiger partial charge in [0.25, 0.3) is 0 Å². The van der Waals surface area contributed by atoms with E-state index in [0.717, 1.165) is 32.4 Å². The average Bonchev–Trinajstić information content (AvgIpc) is 2.49. The molecular formula is C17H28F2N2. The van der Waals surface area contributed by atoms with Gasteiger partial charge in [0, 0.05) is 17.6 Å². The Kier molecular flexibility index (Phi) is 7.83. The summed E-state index contributed by atoms with van der Waals surface area (Å²) >= 11 is 0. The first-order valence-electron chi connectivity index (χ1n) is 7.88. The summed E-state index contributed by atoms with van der Waals surface area (Å²) in [6.45, 7) is 8.05. The molecule has 1 N–H and O–H groups in total. The Morgan fingerprint density at radius 3 is 2.57 bits per heavy atom. The van der Waals surface area contributed by atoms with Crippen LogP contribution >= 0.6 is 0 Å². The molecule has 0 heterocycles.